The third kappa shape index (κ3) is 3.34. The summed E-state index contributed by atoms with van der Waals surface area (Å²) >= 11 is 0. The lowest BCUT2D eigenvalue weighted by atomic mass is 10.1. The summed E-state index contributed by atoms with van der Waals surface area (Å²) < 4.78 is 69.8. The lowest BCUT2D eigenvalue weighted by Crippen LogP contribution is -2.29. The van der Waals surface area contributed by atoms with Crippen LogP contribution in [0.15, 0.2) is 48.7 Å². The first kappa shape index (κ1) is 21.5. The van der Waals surface area contributed by atoms with E-state index in [1.807, 2.05) is 0 Å². The van der Waals surface area contributed by atoms with E-state index in [4.69, 9.17) is 0 Å². The molecule has 1 aliphatic heterocycles. The maximum absolute atomic E-state index is 14.4. The maximum Gasteiger partial charge on any atom is 0.573 e. The average molecular weight is 474 g/mol. The molecular weight excluding hydrogens is 463 g/mol. The lowest BCUT2D eigenvalue weighted by molar-refractivity contribution is -0.274. The Morgan fingerprint density at radius 2 is 1.68 bits per heavy atom. The van der Waals surface area contributed by atoms with Crippen LogP contribution in [0.25, 0.3) is 16.7 Å². The quantitative estimate of drug-likeness (QED) is 0.318. The van der Waals surface area contributed by atoms with Crippen molar-refractivity contribution in [3.05, 3.63) is 77.1 Å². The SMILES string of the molecule is Cc1nn(-c2ccc(F)cc2F)c2ncc3c(c12)C(=O)N(c1ccc(OC(F)(F)F)cc1)C3=O. The highest BCUT2D eigenvalue weighted by Crippen LogP contribution is 2.35. The van der Waals surface area contributed by atoms with Crippen molar-refractivity contribution in [1.29, 1.82) is 0 Å². The third-order valence-corrected chi connectivity index (χ3v) is 5.19. The van der Waals surface area contributed by atoms with Crippen molar-refractivity contribution in [2.75, 3.05) is 4.90 Å². The molecule has 4 aromatic rings. The molecule has 0 bridgehead atoms. The summed E-state index contributed by atoms with van der Waals surface area (Å²) in [5, 5.41) is 4.41. The molecule has 2 aromatic heterocycles. The van der Waals surface area contributed by atoms with Gasteiger partial charge in [-0.15, -0.1) is 13.2 Å². The van der Waals surface area contributed by atoms with Crippen molar-refractivity contribution in [2.45, 2.75) is 13.3 Å². The minimum absolute atomic E-state index is 0.0171. The van der Waals surface area contributed by atoms with Crippen LogP contribution in [0.4, 0.5) is 27.6 Å². The van der Waals surface area contributed by atoms with Crippen LogP contribution in [0.1, 0.15) is 26.4 Å². The molecule has 0 spiro atoms. The molecule has 0 atom stereocenters. The Labute approximate surface area is 187 Å². The number of fused-ring (bicyclic) bond motifs is 3. The molecule has 0 radical (unpaired) electrons. The Bertz CT molecular complexity index is 1500. The average Bonchev–Trinajstić information content (AvgIpc) is 3.22. The van der Waals surface area contributed by atoms with Gasteiger partial charge in [-0.3, -0.25) is 9.59 Å². The number of hydrogen-bond donors (Lipinski definition) is 0. The van der Waals surface area contributed by atoms with E-state index in [9.17, 15) is 31.5 Å². The highest BCUT2D eigenvalue weighted by atomic mass is 19.4. The fourth-order valence-electron chi connectivity index (χ4n) is 3.81. The number of carbonyl (C=O) groups excluding carboxylic acids is 2. The molecule has 7 nitrogen and oxygen atoms in total. The predicted octanol–water partition coefficient (Wildman–Crippen LogP) is 4.71. The van der Waals surface area contributed by atoms with E-state index in [-0.39, 0.29) is 39.2 Å². The van der Waals surface area contributed by atoms with Crippen molar-refractivity contribution in [3.8, 4) is 11.4 Å². The molecule has 34 heavy (non-hydrogen) atoms. The fraction of sp³-hybridized carbons (Fsp3) is 0.0909. The Morgan fingerprint density at radius 1 is 0.971 bits per heavy atom. The summed E-state index contributed by atoms with van der Waals surface area (Å²) in [5.74, 6) is -3.70. The van der Waals surface area contributed by atoms with Gasteiger partial charge in [0, 0.05) is 12.3 Å². The Kier molecular flexibility index (Phi) is 4.64. The Morgan fingerprint density at radius 3 is 2.32 bits per heavy atom. The topological polar surface area (TPSA) is 77.3 Å². The standard InChI is InChI=1S/C22H11F5N4O3/c1-10-17-18-14(9-28-19(17)31(29-10)16-7-2-11(23)8-15(16)24)20(32)30(21(18)33)12-3-5-13(6-4-12)34-22(25,26)27/h2-9H,1H3. The number of aromatic nitrogens is 3. The van der Waals surface area contributed by atoms with E-state index < -0.39 is 35.6 Å². The van der Waals surface area contributed by atoms with E-state index in [2.05, 4.69) is 14.8 Å². The normalized spacial score (nSPS) is 13.6. The van der Waals surface area contributed by atoms with Crippen molar-refractivity contribution >= 4 is 28.5 Å². The number of anilines is 1. The third-order valence-electron chi connectivity index (χ3n) is 5.19. The zero-order chi connectivity index (χ0) is 24.4. The van der Waals surface area contributed by atoms with Crippen LogP contribution in [0.5, 0.6) is 5.75 Å². The van der Waals surface area contributed by atoms with Gasteiger partial charge in [0.15, 0.2) is 11.5 Å². The van der Waals surface area contributed by atoms with Gasteiger partial charge in [-0.2, -0.15) is 5.10 Å². The first-order valence-electron chi connectivity index (χ1n) is 9.63. The van der Waals surface area contributed by atoms with Crippen LogP contribution in [-0.4, -0.2) is 32.9 Å². The number of ether oxygens (including phenoxy) is 1. The summed E-state index contributed by atoms with van der Waals surface area (Å²) in [6.45, 7) is 1.53. The number of nitrogens with zero attached hydrogens (tertiary/aromatic N) is 4. The summed E-state index contributed by atoms with van der Waals surface area (Å²) in [5.41, 5.74) is 0.162. The number of aryl methyl sites for hydroxylation is 1. The first-order valence-corrected chi connectivity index (χ1v) is 9.63. The molecule has 3 heterocycles. The summed E-state index contributed by atoms with van der Waals surface area (Å²) in [4.78, 5) is 31.2. The van der Waals surface area contributed by atoms with Crippen LogP contribution >= 0.6 is 0 Å². The second-order valence-electron chi connectivity index (χ2n) is 7.33. The monoisotopic (exact) mass is 474 g/mol. The number of amides is 2. The van der Waals surface area contributed by atoms with E-state index in [0.29, 0.717) is 6.07 Å². The number of imide groups is 1. The molecule has 1 aliphatic rings. The zero-order valence-electron chi connectivity index (χ0n) is 17.0. The highest BCUT2D eigenvalue weighted by Gasteiger charge is 2.40. The van der Waals surface area contributed by atoms with E-state index in [1.165, 1.54) is 6.92 Å². The molecule has 0 unspecified atom stereocenters. The largest absolute Gasteiger partial charge is 0.573 e. The minimum Gasteiger partial charge on any atom is -0.406 e. The summed E-state index contributed by atoms with van der Waals surface area (Å²) in [6.07, 6.45) is -3.76. The van der Waals surface area contributed by atoms with E-state index in [0.717, 1.165) is 52.2 Å². The minimum atomic E-state index is -4.89. The number of pyridine rings is 1. The van der Waals surface area contributed by atoms with Gasteiger partial charge in [-0.1, -0.05) is 0 Å². The molecule has 5 rings (SSSR count). The van der Waals surface area contributed by atoms with Crippen LogP contribution in [-0.2, 0) is 0 Å². The van der Waals surface area contributed by atoms with Gasteiger partial charge in [-0.25, -0.2) is 23.3 Å². The van der Waals surface area contributed by atoms with Gasteiger partial charge < -0.3 is 4.74 Å². The van der Waals surface area contributed by atoms with Gasteiger partial charge in [0.1, 0.15) is 17.3 Å². The Hall–Kier alpha value is -4.35. The van der Waals surface area contributed by atoms with Gasteiger partial charge in [-0.05, 0) is 43.3 Å². The number of benzene rings is 2. The van der Waals surface area contributed by atoms with Crippen LogP contribution < -0.4 is 9.64 Å². The number of halogens is 5. The van der Waals surface area contributed by atoms with Crippen LogP contribution in [0.3, 0.4) is 0 Å². The van der Waals surface area contributed by atoms with Gasteiger partial charge >= 0.3 is 6.36 Å². The second kappa shape index (κ2) is 7.33. The van der Waals surface area contributed by atoms with Crippen molar-refractivity contribution in [3.63, 3.8) is 0 Å². The molecular formula is C22H11F5N4O3. The van der Waals surface area contributed by atoms with Crippen molar-refractivity contribution in [2.24, 2.45) is 0 Å². The molecule has 172 valence electrons. The van der Waals surface area contributed by atoms with E-state index in [1.54, 1.807) is 0 Å². The number of rotatable bonds is 3. The molecule has 0 fully saturated rings. The Balaban J connectivity index is 1.59. The zero-order valence-corrected chi connectivity index (χ0v) is 17.0. The molecule has 12 heteroatoms. The second-order valence-corrected chi connectivity index (χ2v) is 7.33. The van der Waals surface area contributed by atoms with Crippen LogP contribution in [0, 0.1) is 18.6 Å². The molecule has 0 aliphatic carbocycles. The van der Waals surface area contributed by atoms with Crippen molar-refractivity contribution in [1.82, 2.24) is 14.8 Å². The van der Waals surface area contributed by atoms with Crippen LogP contribution in [0.2, 0.25) is 0 Å². The molecule has 0 N–H and O–H groups in total. The molecule has 0 saturated heterocycles. The maximum atomic E-state index is 14.4. The van der Waals surface area contributed by atoms with Gasteiger partial charge in [0.2, 0.25) is 0 Å². The fourth-order valence-corrected chi connectivity index (χ4v) is 3.81. The number of hydrogen-bond acceptors (Lipinski definition) is 5. The molecule has 0 saturated carbocycles. The van der Waals surface area contributed by atoms with E-state index >= 15 is 0 Å². The summed E-state index contributed by atoms with van der Waals surface area (Å²) in [6, 6.07) is 7.09. The smallest absolute Gasteiger partial charge is 0.406 e. The van der Waals surface area contributed by atoms with Gasteiger partial charge in [0.05, 0.1) is 27.9 Å². The number of alkyl halides is 3. The van der Waals surface area contributed by atoms with Crippen molar-refractivity contribution < 1.29 is 36.3 Å². The predicted molar refractivity (Wildman–Crippen MR) is 108 cm³/mol. The molecule has 2 amide bonds. The molecule has 2 aromatic carbocycles. The van der Waals surface area contributed by atoms with Gasteiger partial charge in [0.25, 0.3) is 11.8 Å². The summed E-state index contributed by atoms with van der Waals surface area (Å²) in [7, 11) is 0. The number of carbonyl (C=O) groups is 2. The highest BCUT2D eigenvalue weighted by molar-refractivity contribution is 6.37. The first-order chi connectivity index (χ1) is 16.0. The lowest BCUT2D eigenvalue weighted by Gasteiger charge is -2.15.